The molecule has 1 aromatic carbocycles. The molecule has 0 radical (unpaired) electrons. The zero-order chi connectivity index (χ0) is 14.5. The minimum Gasteiger partial charge on any atom is -0.462 e. The zero-order valence-electron chi connectivity index (χ0n) is 12.1. The van der Waals surface area contributed by atoms with Gasteiger partial charge in [-0.15, -0.1) is 0 Å². The number of hydrogen-bond acceptors (Lipinski definition) is 4. The Bertz CT molecular complexity index is 420. The number of rotatable bonds is 2. The molecule has 1 saturated heterocycles. The van der Waals surface area contributed by atoms with E-state index in [0.717, 1.165) is 5.56 Å². The van der Waals surface area contributed by atoms with Gasteiger partial charge in [-0.2, -0.15) is 0 Å². The molecule has 1 fully saturated rings. The highest BCUT2D eigenvalue weighted by molar-refractivity contribution is 5.37. The van der Waals surface area contributed by atoms with E-state index in [-0.39, 0.29) is 5.60 Å². The van der Waals surface area contributed by atoms with Gasteiger partial charge in [0.25, 0.3) is 6.47 Å². The molecule has 4 heteroatoms. The normalized spacial score (nSPS) is 16.7. The summed E-state index contributed by atoms with van der Waals surface area (Å²) in [7, 11) is 0. The second kappa shape index (κ2) is 6.17. The lowest BCUT2D eigenvalue weighted by Gasteiger charge is -2.38. The van der Waals surface area contributed by atoms with Gasteiger partial charge in [0.05, 0.1) is 0 Å². The lowest BCUT2D eigenvalue weighted by atomic mass is 9.85. The molecule has 0 aliphatic carbocycles. The van der Waals surface area contributed by atoms with Gasteiger partial charge in [0.15, 0.2) is 0 Å². The van der Waals surface area contributed by atoms with E-state index in [4.69, 9.17) is 0 Å². The number of aryl methyl sites for hydroxylation is 1. The van der Waals surface area contributed by atoms with Crippen LogP contribution in [0, 0.1) is 6.92 Å². The molecule has 1 aliphatic heterocycles. The molecule has 1 aliphatic rings. The van der Waals surface area contributed by atoms with Crippen LogP contribution in [0.25, 0.3) is 0 Å². The summed E-state index contributed by atoms with van der Waals surface area (Å²) in [5.41, 5.74) is 1.30. The van der Waals surface area contributed by atoms with E-state index in [0.29, 0.717) is 19.6 Å². The average molecular weight is 265 g/mol. The van der Waals surface area contributed by atoms with Crippen LogP contribution in [0.1, 0.15) is 31.9 Å². The van der Waals surface area contributed by atoms with Crippen LogP contribution >= 0.6 is 0 Å². The third-order valence-electron chi connectivity index (χ3n) is 2.88. The Labute approximate surface area is 114 Å². The Balaban J connectivity index is 0.000000224. The molecule has 0 amide bonds. The van der Waals surface area contributed by atoms with Crippen molar-refractivity contribution in [3.63, 3.8) is 0 Å². The fourth-order valence-electron chi connectivity index (χ4n) is 1.79. The van der Waals surface area contributed by atoms with Crippen LogP contribution in [-0.4, -0.2) is 30.3 Å². The van der Waals surface area contributed by atoms with Crippen molar-refractivity contribution >= 4 is 6.47 Å². The molecule has 0 bridgehead atoms. The Kier molecular flexibility index (Phi) is 5.09. The van der Waals surface area contributed by atoms with Crippen LogP contribution in [0.4, 0.5) is 0 Å². The first-order chi connectivity index (χ1) is 8.78. The van der Waals surface area contributed by atoms with Crippen molar-refractivity contribution in [1.82, 2.24) is 5.32 Å². The third-order valence-corrected chi connectivity index (χ3v) is 2.88. The van der Waals surface area contributed by atoms with Crippen LogP contribution in [0.3, 0.4) is 0 Å². The molecule has 0 unspecified atom stereocenters. The SMILES string of the molecule is CC(C)(C)OC=O.Cc1ccccc1C1(O)CNC1. The first-order valence-electron chi connectivity index (χ1n) is 6.39. The molecule has 0 saturated carbocycles. The van der Waals surface area contributed by atoms with E-state index in [1.165, 1.54) is 5.56 Å². The second-order valence-corrected chi connectivity index (χ2v) is 5.78. The summed E-state index contributed by atoms with van der Waals surface area (Å²) >= 11 is 0. The predicted molar refractivity (Wildman–Crippen MR) is 74.8 cm³/mol. The predicted octanol–water partition coefficient (Wildman–Crippen LogP) is 1.74. The van der Waals surface area contributed by atoms with Gasteiger partial charge in [0, 0.05) is 13.1 Å². The van der Waals surface area contributed by atoms with E-state index in [1.54, 1.807) is 0 Å². The number of aliphatic hydroxyl groups is 1. The highest BCUT2D eigenvalue weighted by Crippen LogP contribution is 2.27. The average Bonchev–Trinajstić information content (AvgIpc) is 2.26. The molecule has 0 aromatic heterocycles. The number of β-amino-alcohol motifs (C(OH)–C–C–N with tert-alkyl or cyclic N) is 1. The van der Waals surface area contributed by atoms with E-state index >= 15 is 0 Å². The van der Waals surface area contributed by atoms with Gasteiger partial charge in [0.2, 0.25) is 0 Å². The summed E-state index contributed by atoms with van der Waals surface area (Å²) in [6.07, 6.45) is 0. The van der Waals surface area contributed by atoms with Gasteiger partial charge in [-0.05, 0) is 38.8 Å². The fraction of sp³-hybridized carbons (Fsp3) is 0.533. The van der Waals surface area contributed by atoms with E-state index < -0.39 is 5.60 Å². The summed E-state index contributed by atoms with van der Waals surface area (Å²) < 4.78 is 4.55. The van der Waals surface area contributed by atoms with Crippen molar-refractivity contribution < 1.29 is 14.6 Å². The minimum absolute atomic E-state index is 0.318. The number of carbonyl (C=O) groups is 1. The minimum atomic E-state index is -0.606. The summed E-state index contributed by atoms with van der Waals surface area (Å²) in [4.78, 5) is 9.60. The molecular weight excluding hydrogens is 242 g/mol. The number of benzene rings is 1. The van der Waals surface area contributed by atoms with Crippen LogP contribution < -0.4 is 5.32 Å². The molecule has 19 heavy (non-hydrogen) atoms. The highest BCUT2D eigenvalue weighted by atomic mass is 16.5. The number of nitrogens with one attached hydrogen (secondary N) is 1. The summed E-state index contributed by atoms with van der Waals surface area (Å²) in [5.74, 6) is 0. The Morgan fingerprint density at radius 3 is 2.21 bits per heavy atom. The maximum atomic E-state index is 10.00. The van der Waals surface area contributed by atoms with Crippen LogP contribution in [0.2, 0.25) is 0 Å². The first kappa shape index (κ1) is 15.7. The number of ether oxygens (including phenoxy) is 1. The Morgan fingerprint density at radius 2 is 1.89 bits per heavy atom. The summed E-state index contributed by atoms with van der Waals surface area (Å²) in [6.45, 7) is 9.31. The standard InChI is InChI=1S/C10H13NO.C5H10O2/c1-8-4-2-3-5-9(8)10(12)6-11-7-10;1-5(2,3)7-4-6/h2-5,11-12H,6-7H2,1H3;4H,1-3H3. The first-order valence-corrected chi connectivity index (χ1v) is 6.39. The highest BCUT2D eigenvalue weighted by Gasteiger charge is 2.36. The van der Waals surface area contributed by atoms with Crippen molar-refractivity contribution in [1.29, 1.82) is 0 Å². The van der Waals surface area contributed by atoms with E-state index in [1.807, 2.05) is 52.0 Å². The summed E-state index contributed by atoms with van der Waals surface area (Å²) in [5, 5.41) is 13.1. The maximum absolute atomic E-state index is 10.00. The lowest BCUT2D eigenvalue weighted by molar-refractivity contribution is -0.138. The molecular formula is C15H23NO3. The molecule has 0 spiro atoms. The van der Waals surface area contributed by atoms with Gasteiger partial charge in [-0.3, -0.25) is 4.79 Å². The summed E-state index contributed by atoms with van der Waals surface area (Å²) in [6, 6.07) is 7.99. The van der Waals surface area contributed by atoms with Crippen molar-refractivity contribution in [2.24, 2.45) is 0 Å². The van der Waals surface area contributed by atoms with E-state index in [9.17, 15) is 9.90 Å². The number of hydrogen-bond donors (Lipinski definition) is 2. The van der Waals surface area contributed by atoms with E-state index in [2.05, 4.69) is 10.1 Å². The van der Waals surface area contributed by atoms with Crippen LogP contribution in [-0.2, 0) is 15.1 Å². The van der Waals surface area contributed by atoms with Gasteiger partial charge < -0.3 is 15.2 Å². The molecule has 2 rings (SSSR count). The van der Waals surface area contributed by atoms with Crippen molar-refractivity contribution in [2.75, 3.05) is 13.1 Å². The van der Waals surface area contributed by atoms with Crippen molar-refractivity contribution in [3.8, 4) is 0 Å². The van der Waals surface area contributed by atoms with Crippen molar-refractivity contribution in [2.45, 2.75) is 38.9 Å². The quantitative estimate of drug-likeness (QED) is 0.800. The van der Waals surface area contributed by atoms with Crippen LogP contribution in [0.5, 0.6) is 0 Å². The Hall–Kier alpha value is -1.39. The lowest BCUT2D eigenvalue weighted by Crippen LogP contribution is -2.57. The molecule has 2 N–H and O–H groups in total. The third kappa shape index (κ3) is 4.65. The Morgan fingerprint density at radius 1 is 1.32 bits per heavy atom. The monoisotopic (exact) mass is 265 g/mol. The zero-order valence-corrected chi connectivity index (χ0v) is 12.1. The molecule has 106 valence electrons. The largest absolute Gasteiger partial charge is 0.462 e. The van der Waals surface area contributed by atoms with Crippen molar-refractivity contribution in [3.05, 3.63) is 35.4 Å². The maximum Gasteiger partial charge on any atom is 0.293 e. The molecule has 1 heterocycles. The molecule has 4 nitrogen and oxygen atoms in total. The smallest absolute Gasteiger partial charge is 0.293 e. The molecule has 0 atom stereocenters. The van der Waals surface area contributed by atoms with Gasteiger partial charge in [-0.1, -0.05) is 24.3 Å². The fourth-order valence-corrected chi connectivity index (χ4v) is 1.79. The number of carbonyl (C=O) groups excluding carboxylic acids is 1. The molecule has 1 aromatic rings. The topological polar surface area (TPSA) is 58.6 Å². The van der Waals surface area contributed by atoms with Gasteiger partial charge in [0.1, 0.15) is 11.2 Å². The van der Waals surface area contributed by atoms with Crippen LogP contribution in [0.15, 0.2) is 24.3 Å². The second-order valence-electron chi connectivity index (χ2n) is 5.78. The van der Waals surface area contributed by atoms with Gasteiger partial charge >= 0.3 is 0 Å². The van der Waals surface area contributed by atoms with Gasteiger partial charge in [-0.25, -0.2) is 0 Å².